The van der Waals surface area contributed by atoms with Gasteiger partial charge >= 0.3 is 0 Å². The van der Waals surface area contributed by atoms with Crippen LogP contribution in [0.1, 0.15) is 11.1 Å². The van der Waals surface area contributed by atoms with Crippen LogP contribution in [0.5, 0.6) is 5.75 Å². The number of nitrogens with zero attached hydrogens (tertiary/aromatic N) is 1. The second-order valence-corrected chi connectivity index (χ2v) is 8.33. The van der Waals surface area contributed by atoms with E-state index in [1.807, 2.05) is 48.5 Å². The topological polar surface area (TPSA) is 67.8 Å². The van der Waals surface area contributed by atoms with Crippen molar-refractivity contribution in [2.24, 2.45) is 5.10 Å². The molecule has 0 spiro atoms. The number of ether oxygens (including phenoxy) is 1. The minimum absolute atomic E-state index is 0.161. The van der Waals surface area contributed by atoms with E-state index in [9.17, 15) is 8.42 Å². The van der Waals surface area contributed by atoms with Crippen molar-refractivity contribution >= 4 is 27.0 Å². The molecule has 4 aromatic carbocycles. The minimum atomic E-state index is -3.69. The summed E-state index contributed by atoms with van der Waals surface area (Å²) in [7, 11) is -3.69. The van der Waals surface area contributed by atoms with Crippen molar-refractivity contribution in [1.29, 1.82) is 0 Å². The van der Waals surface area contributed by atoms with Gasteiger partial charge in [0.15, 0.2) is 0 Å². The molecule has 0 heterocycles. The van der Waals surface area contributed by atoms with Gasteiger partial charge in [-0.3, -0.25) is 0 Å². The first-order valence-electron chi connectivity index (χ1n) is 9.41. The molecule has 0 bridgehead atoms. The Balaban J connectivity index is 1.43. The summed E-state index contributed by atoms with van der Waals surface area (Å²) in [6.45, 7) is 0.433. The largest absolute Gasteiger partial charge is 0.489 e. The van der Waals surface area contributed by atoms with E-state index in [1.54, 1.807) is 18.2 Å². The van der Waals surface area contributed by atoms with Gasteiger partial charge in [0.05, 0.1) is 11.1 Å². The third-order valence-corrected chi connectivity index (χ3v) is 5.81. The lowest BCUT2D eigenvalue weighted by Crippen LogP contribution is -2.18. The van der Waals surface area contributed by atoms with Crippen LogP contribution in [0.25, 0.3) is 10.8 Å². The van der Waals surface area contributed by atoms with Crippen molar-refractivity contribution in [1.82, 2.24) is 4.83 Å². The number of hydrogen-bond donors (Lipinski definition) is 1. The summed E-state index contributed by atoms with van der Waals surface area (Å²) in [5, 5.41) is 6.20. The number of rotatable bonds is 7. The summed E-state index contributed by atoms with van der Waals surface area (Å²) in [5.41, 5.74) is 1.82. The Morgan fingerprint density at radius 3 is 2.43 bits per heavy atom. The van der Waals surface area contributed by atoms with Gasteiger partial charge in [0.2, 0.25) is 0 Å². The molecule has 0 amide bonds. The highest BCUT2D eigenvalue weighted by molar-refractivity contribution is 7.89. The van der Waals surface area contributed by atoms with E-state index >= 15 is 0 Å². The van der Waals surface area contributed by atoms with Gasteiger partial charge in [-0.25, -0.2) is 4.83 Å². The van der Waals surface area contributed by atoms with Crippen molar-refractivity contribution in [3.05, 3.63) is 108 Å². The second kappa shape index (κ2) is 8.80. The van der Waals surface area contributed by atoms with Crippen molar-refractivity contribution in [2.75, 3.05) is 0 Å². The van der Waals surface area contributed by atoms with Crippen LogP contribution in [0, 0.1) is 0 Å². The summed E-state index contributed by atoms with van der Waals surface area (Å²) < 4.78 is 30.4. The van der Waals surface area contributed by atoms with Crippen LogP contribution in [-0.2, 0) is 16.6 Å². The number of benzene rings is 4. The van der Waals surface area contributed by atoms with E-state index in [2.05, 4.69) is 28.1 Å². The first-order valence-corrected chi connectivity index (χ1v) is 10.9. The van der Waals surface area contributed by atoms with E-state index < -0.39 is 10.0 Å². The fourth-order valence-corrected chi connectivity index (χ4v) is 3.90. The zero-order valence-electron chi connectivity index (χ0n) is 16.1. The summed E-state index contributed by atoms with van der Waals surface area (Å²) in [6.07, 6.45) is 1.45. The summed E-state index contributed by atoms with van der Waals surface area (Å²) >= 11 is 0. The Morgan fingerprint density at radius 2 is 1.57 bits per heavy atom. The van der Waals surface area contributed by atoms with Gasteiger partial charge < -0.3 is 4.74 Å². The van der Waals surface area contributed by atoms with Crippen LogP contribution >= 0.6 is 0 Å². The maximum atomic E-state index is 12.2. The lowest BCUT2D eigenvalue weighted by Gasteiger charge is -2.09. The van der Waals surface area contributed by atoms with Crippen LogP contribution in [-0.4, -0.2) is 14.6 Å². The fraction of sp³-hybridized carbons (Fsp3) is 0.0417. The second-order valence-electron chi connectivity index (χ2n) is 6.67. The number of sulfonamides is 1. The van der Waals surface area contributed by atoms with Crippen LogP contribution in [0.3, 0.4) is 0 Å². The minimum Gasteiger partial charge on any atom is -0.489 e. The molecule has 6 heteroatoms. The van der Waals surface area contributed by atoms with Gasteiger partial charge in [-0.15, -0.1) is 0 Å². The quantitative estimate of drug-likeness (QED) is 0.350. The molecule has 0 aliphatic carbocycles. The third-order valence-electron chi connectivity index (χ3n) is 4.57. The predicted octanol–water partition coefficient (Wildman–Crippen LogP) is 4.73. The van der Waals surface area contributed by atoms with Gasteiger partial charge in [-0.05, 0) is 46.2 Å². The first kappa shape index (κ1) is 19.7. The van der Waals surface area contributed by atoms with Crippen molar-refractivity contribution in [3.8, 4) is 5.75 Å². The lowest BCUT2D eigenvalue weighted by atomic mass is 10.1. The van der Waals surface area contributed by atoms with Crippen LogP contribution in [0.4, 0.5) is 0 Å². The highest BCUT2D eigenvalue weighted by Crippen LogP contribution is 2.21. The molecule has 5 nitrogen and oxygen atoms in total. The molecule has 30 heavy (non-hydrogen) atoms. The molecule has 150 valence electrons. The van der Waals surface area contributed by atoms with E-state index in [0.29, 0.717) is 12.4 Å². The van der Waals surface area contributed by atoms with Crippen LogP contribution in [0.2, 0.25) is 0 Å². The molecular weight excluding hydrogens is 396 g/mol. The molecule has 0 radical (unpaired) electrons. The Morgan fingerprint density at radius 1 is 0.833 bits per heavy atom. The molecule has 0 fully saturated rings. The van der Waals surface area contributed by atoms with E-state index in [4.69, 9.17) is 4.74 Å². The zero-order chi connectivity index (χ0) is 20.8. The summed E-state index contributed by atoms with van der Waals surface area (Å²) in [4.78, 5) is 2.38. The van der Waals surface area contributed by atoms with Gasteiger partial charge in [0.1, 0.15) is 12.4 Å². The number of fused-ring (bicyclic) bond motifs is 1. The first-order chi connectivity index (χ1) is 14.6. The molecule has 0 aliphatic rings. The third kappa shape index (κ3) is 4.67. The molecule has 0 unspecified atom stereocenters. The lowest BCUT2D eigenvalue weighted by molar-refractivity contribution is 0.307. The highest BCUT2D eigenvalue weighted by atomic mass is 32.2. The molecule has 4 aromatic rings. The van der Waals surface area contributed by atoms with Crippen LogP contribution in [0.15, 0.2) is 107 Å². The average molecular weight is 417 g/mol. The molecule has 1 N–H and O–H groups in total. The van der Waals surface area contributed by atoms with E-state index in [0.717, 1.165) is 16.5 Å². The molecule has 0 aromatic heterocycles. The molecule has 0 atom stereocenters. The number of nitrogens with one attached hydrogen (secondary N) is 1. The van der Waals surface area contributed by atoms with E-state index in [-0.39, 0.29) is 4.90 Å². The number of hydrazone groups is 1. The summed E-state index contributed by atoms with van der Waals surface area (Å²) in [5.74, 6) is 0.679. The molecular formula is C24H20N2O3S. The van der Waals surface area contributed by atoms with Crippen molar-refractivity contribution < 1.29 is 13.2 Å². The Hall–Kier alpha value is -3.64. The van der Waals surface area contributed by atoms with Crippen LogP contribution < -0.4 is 9.57 Å². The standard InChI is InChI=1S/C24H20N2O3S/c27-30(28,23-13-2-1-3-14-23)26-25-17-19-8-6-12-22(16-19)29-18-21-11-7-10-20-9-4-5-15-24(20)21/h1-17,26H,18H2. The SMILES string of the molecule is O=S(=O)(NN=Cc1cccc(OCc2cccc3ccccc23)c1)c1ccccc1. The molecule has 4 rings (SSSR count). The maximum Gasteiger partial charge on any atom is 0.276 e. The van der Waals surface area contributed by atoms with Gasteiger partial charge in [-0.2, -0.15) is 13.5 Å². The van der Waals surface area contributed by atoms with Gasteiger partial charge in [-0.1, -0.05) is 72.8 Å². The average Bonchev–Trinajstić information content (AvgIpc) is 2.78. The maximum absolute atomic E-state index is 12.2. The molecule has 0 saturated heterocycles. The van der Waals surface area contributed by atoms with Crippen molar-refractivity contribution in [3.63, 3.8) is 0 Å². The zero-order valence-corrected chi connectivity index (χ0v) is 16.9. The van der Waals surface area contributed by atoms with Crippen molar-refractivity contribution in [2.45, 2.75) is 11.5 Å². The number of hydrogen-bond acceptors (Lipinski definition) is 4. The Kier molecular flexibility index (Phi) is 5.77. The molecule has 0 saturated carbocycles. The highest BCUT2D eigenvalue weighted by Gasteiger charge is 2.11. The van der Waals surface area contributed by atoms with E-state index in [1.165, 1.54) is 23.7 Å². The van der Waals surface area contributed by atoms with Gasteiger partial charge in [0.25, 0.3) is 10.0 Å². The van der Waals surface area contributed by atoms with Gasteiger partial charge in [0, 0.05) is 0 Å². The predicted molar refractivity (Wildman–Crippen MR) is 119 cm³/mol. The molecule has 0 aliphatic heterocycles. The smallest absolute Gasteiger partial charge is 0.276 e. The Labute approximate surface area is 175 Å². The Bertz CT molecular complexity index is 1280. The normalized spacial score (nSPS) is 11.6. The fourth-order valence-electron chi connectivity index (χ4n) is 3.09. The monoisotopic (exact) mass is 416 g/mol. The summed E-state index contributed by atoms with van der Waals surface area (Å²) in [6, 6.07) is 29.8.